The van der Waals surface area contributed by atoms with Crippen molar-refractivity contribution < 1.29 is 18.7 Å². The third kappa shape index (κ3) is 3.99. The fourth-order valence-corrected chi connectivity index (χ4v) is 3.79. The number of halogens is 1. The van der Waals surface area contributed by atoms with Gasteiger partial charge in [-0.05, 0) is 42.3 Å². The standard InChI is InChI=1S/C26H21ClO5/c1-15-11-21-18(14-19(15)27)26(29)24(25(28)17-7-5-4-6-8-17)23(32-21)13-16-9-10-20(30-2)22(12-16)31-3/h4-12,14H,13H2,1-3H3. The van der Waals surface area contributed by atoms with E-state index in [1.54, 1.807) is 62.8 Å². The van der Waals surface area contributed by atoms with E-state index >= 15 is 0 Å². The van der Waals surface area contributed by atoms with Gasteiger partial charge in [-0.1, -0.05) is 48.0 Å². The van der Waals surface area contributed by atoms with Crippen molar-refractivity contribution in [2.45, 2.75) is 13.3 Å². The monoisotopic (exact) mass is 448 g/mol. The van der Waals surface area contributed by atoms with Crippen molar-refractivity contribution in [1.82, 2.24) is 0 Å². The molecule has 0 aliphatic rings. The second-order valence-electron chi connectivity index (χ2n) is 7.39. The zero-order chi connectivity index (χ0) is 22.8. The minimum absolute atomic E-state index is 0.00148. The molecule has 0 saturated heterocycles. The predicted octanol–water partition coefficient (Wildman–Crippen LogP) is 5.59. The zero-order valence-electron chi connectivity index (χ0n) is 17.9. The van der Waals surface area contributed by atoms with E-state index in [0.717, 1.165) is 11.1 Å². The highest BCUT2D eigenvalue weighted by Crippen LogP contribution is 2.30. The quantitative estimate of drug-likeness (QED) is 0.359. The van der Waals surface area contributed by atoms with Crippen molar-refractivity contribution in [2.75, 3.05) is 14.2 Å². The average molecular weight is 449 g/mol. The Morgan fingerprint density at radius 1 is 0.969 bits per heavy atom. The number of ketones is 1. The van der Waals surface area contributed by atoms with Crippen LogP contribution in [0.15, 0.2) is 69.9 Å². The maximum Gasteiger partial charge on any atom is 0.204 e. The van der Waals surface area contributed by atoms with Gasteiger partial charge < -0.3 is 13.9 Å². The van der Waals surface area contributed by atoms with Crippen LogP contribution >= 0.6 is 11.6 Å². The van der Waals surface area contributed by atoms with Gasteiger partial charge in [0.15, 0.2) is 17.3 Å². The maximum atomic E-state index is 13.5. The third-order valence-electron chi connectivity index (χ3n) is 5.32. The number of carbonyl (C=O) groups is 1. The van der Waals surface area contributed by atoms with Gasteiger partial charge in [-0.15, -0.1) is 0 Å². The lowest BCUT2D eigenvalue weighted by Crippen LogP contribution is -2.19. The van der Waals surface area contributed by atoms with Gasteiger partial charge in [0.2, 0.25) is 5.43 Å². The topological polar surface area (TPSA) is 65.7 Å². The van der Waals surface area contributed by atoms with Gasteiger partial charge in [0.25, 0.3) is 0 Å². The molecule has 6 heteroatoms. The van der Waals surface area contributed by atoms with Gasteiger partial charge in [0.1, 0.15) is 16.9 Å². The first-order valence-electron chi connectivity index (χ1n) is 9.99. The summed E-state index contributed by atoms with van der Waals surface area (Å²) in [4.78, 5) is 26.8. The van der Waals surface area contributed by atoms with Crippen molar-refractivity contribution in [3.8, 4) is 11.5 Å². The molecule has 3 aromatic carbocycles. The van der Waals surface area contributed by atoms with Crippen LogP contribution in [0.3, 0.4) is 0 Å². The summed E-state index contributed by atoms with van der Waals surface area (Å²) in [5.74, 6) is 1.02. The summed E-state index contributed by atoms with van der Waals surface area (Å²) in [7, 11) is 3.11. The molecule has 32 heavy (non-hydrogen) atoms. The molecular formula is C26H21ClO5. The molecule has 4 rings (SSSR count). The SMILES string of the molecule is COc1ccc(Cc2oc3cc(C)c(Cl)cc3c(=O)c2C(=O)c2ccccc2)cc1OC. The van der Waals surface area contributed by atoms with E-state index in [9.17, 15) is 9.59 Å². The van der Waals surface area contributed by atoms with Crippen LogP contribution in [0.2, 0.25) is 5.02 Å². The molecule has 5 nitrogen and oxygen atoms in total. The lowest BCUT2D eigenvalue weighted by molar-refractivity contribution is 0.103. The van der Waals surface area contributed by atoms with Gasteiger partial charge in [0.05, 0.1) is 19.6 Å². The van der Waals surface area contributed by atoms with Crippen LogP contribution in [0.4, 0.5) is 0 Å². The summed E-state index contributed by atoms with van der Waals surface area (Å²) in [6.07, 6.45) is 0.223. The molecule has 1 aromatic heterocycles. The molecule has 0 bridgehead atoms. The minimum Gasteiger partial charge on any atom is -0.493 e. The molecule has 162 valence electrons. The van der Waals surface area contributed by atoms with Crippen LogP contribution in [0.25, 0.3) is 11.0 Å². The number of hydrogen-bond donors (Lipinski definition) is 0. The van der Waals surface area contributed by atoms with Crippen LogP contribution in [-0.4, -0.2) is 20.0 Å². The molecule has 0 N–H and O–H groups in total. The Morgan fingerprint density at radius 2 is 1.69 bits per heavy atom. The number of rotatable bonds is 6. The summed E-state index contributed by atoms with van der Waals surface area (Å²) in [6, 6.07) is 17.4. The molecule has 0 amide bonds. The van der Waals surface area contributed by atoms with E-state index in [1.807, 2.05) is 19.1 Å². The van der Waals surface area contributed by atoms with Crippen molar-refractivity contribution in [3.63, 3.8) is 0 Å². The molecule has 0 aliphatic heterocycles. The second-order valence-corrected chi connectivity index (χ2v) is 7.80. The molecule has 0 atom stereocenters. The first-order chi connectivity index (χ1) is 15.4. The largest absolute Gasteiger partial charge is 0.493 e. The van der Waals surface area contributed by atoms with E-state index in [4.69, 9.17) is 25.5 Å². The van der Waals surface area contributed by atoms with E-state index in [-0.39, 0.29) is 23.1 Å². The fourth-order valence-electron chi connectivity index (χ4n) is 3.63. The number of fused-ring (bicyclic) bond motifs is 1. The fraction of sp³-hybridized carbons (Fsp3) is 0.154. The van der Waals surface area contributed by atoms with Crippen LogP contribution in [0.1, 0.15) is 32.8 Å². The van der Waals surface area contributed by atoms with Crippen molar-refractivity contribution in [3.05, 3.63) is 104 Å². The second kappa shape index (κ2) is 8.89. The summed E-state index contributed by atoms with van der Waals surface area (Å²) in [5.41, 5.74) is 1.97. The molecule has 4 aromatic rings. The molecule has 0 fully saturated rings. The molecule has 0 saturated carbocycles. The molecule has 0 radical (unpaired) electrons. The highest BCUT2D eigenvalue weighted by atomic mass is 35.5. The number of ether oxygens (including phenoxy) is 2. The zero-order valence-corrected chi connectivity index (χ0v) is 18.7. The normalized spacial score (nSPS) is 10.9. The Hall–Kier alpha value is -3.57. The van der Waals surface area contributed by atoms with Crippen molar-refractivity contribution >= 4 is 28.4 Å². The van der Waals surface area contributed by atoms with Gasteiger partial charge >= 0.3 is 0 Å². The number of carbonyl (C=O) groups excluding carboxylic acids is 1. The molecule has 0 unspecified atom stereocenters. The van der Waals surface area contributed by atoms with Gasteiger partial charge in [0, 0.05) is 17.0 Å². The van der Waals surface area contributed by atoms with E-state index in [2.05, 4.69) is 0 Å². The molecule has 1 heterocycles. The van der Waals surface area contributed by atoms with Crippen LogP contribution in [0, 0.1) is 6.92 Å². The summed E-state index contributed by atoms with van der Waals surface area (Å²) < 4.78 is 16.8. The van der Waals surface area contributed by atoms with Crippen LogP contribution < -0.4 is 14.9 Å². The predicted molar refractivity (Wildman–Crippen MR) is 124 cm³/mol. The highest BCUT2D eigenvalue weighted by molar-refractivity contribution is 6.32. The van der Waals surface area contributed by atoms with Gasteiger partial charge in [-0.3, -0.25) is 9.59 Å². The maximum absolute atomic E-state index is 13.5. The first-order valence-corrected chi connectivity index (χ1v) is 10.4. The number of aryl methyl sites for hydroxylation is 1. The average Bonchev–Trinajstić information content (AvgIpc) is 2.81. The van der Waals surface area contributed by atoms with Crippen molar-refractivity contribution in [1.29, 1.82) is 0 Å². The molecule has 0 aliphatic carbocycles. The first kappa shape index (κ1) is 21.7. The van der Waals surface area contributed by atoms with E-state index in [1.165, 1.54) is 0 Å². The van der Waals surface area contributed by atoms with Crippen LogP contribution in [-0.2, 0) is 6.42 Å². The number of methoxy groups -OCH3 is 2. The van der Waals surface area contributed by atoms with Gasteiger partial charge in [-0.25, -0.2) is 0 Å². The van der Waals surface area contributed by atoms with E-state index < -0.39 is 11.2 Å². The lowest BCUT2D eigenvalue weighted by Gasteiger charge is -2.12. The summed E-state index contributed by atoms with van der Waals surface area (Å²) in [5, 5.41) is 0.714. The highest BCUT2D eigenvalue weighted by Gasteiger charge is 2.23. The van der Waals surface area contributed by atoms with Crippen LogP contribution in [0.5, 0.6) is 11.5 Å². The summed E-state index contributed by atoms with van der Waals surface area (Å²) in [6.45, 7) is 1.83. The summed E-state index contributed by atoms with van der Waals surface area (Å²) >= 11 is 6.25. The van der Waals surface area contributed by atoms with Gasteiger partial charge in [-0.2, -0.15) is 0 Å². The van der Waals surface area contributed by atoms with Crippen molar-refractivity contribution in [2.24, 2.45) is 0 Å². The molecule has 0 spiro atoms. The number of benzene rings is 3. The Kier molecular flexibility index (Phi) is 6.01. The Balaban J connectivity index is 1.93. The smallest absolute Gasteiger partial charge is 0.204 e. The van der Waals surface area contributed by atoms with E-state index in [0.29, 0.717) is 27.7 Å². The minimum atomic E-state index is -0.405. The lowest BCUT2D eigenvalue weighted by atomic mass is 9.97. The Labute approximate surface area is 190 Å². The Morgan fingerprint density at radius 3 is 2.38 bits per heavy atom. The third-order valence-corrected chi connectivity index (χ3v) is 5.73. The molecular weight excluding hydrogens is 428 g/mol. The number of hydrogen-bond acceptors (Lipinski definition) is 5. The Bertz CT molecular complexity index is 1370.